The van der Waals surface area contributed by atoms with E-state index in [2.05, 4.69) is 11.6 Å². The van der Waals surface area contributed by atoms with Crippen LogP contribution in [0.25, 0.3) is 0 Å². The molecular weight excluding hydrogens is 156 g/mol. The Hall–Kier alpha value is -0.830. The number of hydrogen-bond acceptors (Lipinski definition) is 1. The lowest BCUT2D eigenvalue weighted by atomic mass is 10.2. The fourth-order valence-electron chi connectivity index (χ4n) is 1.12. The van der Waals surface area contributed by atoms with E-state index in [9.17, 15) is 0 Å². The molecule has 1 aromatic rings. The lowest BCUT2D eigenvalue weighted by Crippen LogP contribution is -1.95. The van der Waals surface area contributed by atoms with Crippen LogP contribution in [0.4, 0.5) is 0 Å². The van der Waals surface area contributed by atoms with Crippen molar-refractivity contribution in [2.75, 3.05) is 0 Å². The van der Waals surface area contributed by atoms with Gasteiger partial charge in [0.1, 0.15) is 0 Å². The summed E-state index contributed by atoms with van der Waals surface area (Å²) >= 11 is 5.05. The van der Waals surface area contributed by atoms with Gasteiger partial charge in [0.15, 0.2) is 4.77 Å². The highest BCUT2D eigenvalue weighted by Gasteiger charge is 2.01. The molecule has 0 aromatic carbocycles. The number of allylic oxidation sites excluding steroid dienone is 1. The molecule has 0 unspecified atom stereocenters. The molecule has 0 atom stereocenters. The SMILES string of the molecule is C=CCc1c(C)[nH]c(=S)n1C. The molecule has 3 heteroatoms. The summed E-state index contributed by atoms with van der Waals surface area (Å²) in [6.45, 7) is 5.71. The third-order valence-corrected chi connectivity index (χ3v) is 2.15. The minimum absolute atomic E-state index is 0.777. The third kappa shape index (κ3) is 1.43. The molecule has 60 valence electrons. The lowest BCUT2D eigenvalue weighted by Gasteiger charge is -1.98. The number of H-pyrrole nitrogens is 1. The van der Waals surface area contributed by atoms with Crippen LogP contribution < -0.4 is 0 Å². The summed E-state index contributed by atoms with van der Waals surface area (Å²) < 4.78 is 2.76. The summed E-state index contributed by atoms with van der Waals surface area (Å²) in [5.74, 6) is 0. The summed E-state index contributed by atoms with van der Waals surface area (Å²) in [5, 5.41) is 0. The van der Waals surface area contributed by atoms with E-state index in [1.807, 2.05) is 24.6 Å². The lowest BCUT2D eigenvalue weighted by molar-refractivity contribution is 0.835. The molecule has 0 radical (unpaired) electrons. The zero-order valence-electron chi connectivity index (χ0n) is 6.85. The quantitative estimate of drug-likeness (QED) is 0.530. The fraction of sp³-hybridized carbons (Fsp3) is 0.375. The first-order valence-electron chi connectivity index (χ1n) is 3.52. The molecule has 1 rings (SSSR count). The topological polar surface area (TPSA) is 20.7 Å². The Morgan fingerprint density at radius 3 is 2.73 bits per heavy atom. The van der Waals surface area contributed by atoms with Gasteiger partial charge < -0.3 is 9.55 Å². The van der Waals surface area contributed by atoms with Crippen molar-refractivity contribution >= 4 is 12.2 Å². The highest BCUT2D eigenvalue weighted by Crippen LogP contribution is 2.06. The standard InChI is InChI=1S/C8H12N2S/c1-4-5-7-6(2)9-8(11)10(7)3/h4H,1,5H2,2-3H3,(H,9,11). The van der Waals surface area contributed by atoms with E-state index >= 15 is 0 Å². The van der Waals surface area contributed by atoms with Gasteiger partial charge in [-0.15, -0.1) is 6.58 Å². The van der Waals surface area contributed by atoms with Crippen molar-refractivity contribution in [1.82, 2.24) is 9.55 Å². The molecular formula is C8H12N2S. The van der Waals surface area contributed by atoms with Gasteiger partial charge in [-0.25, -0.2) is 0 Å². The molecule has 0 saturated carbocycles. The maximum atomic E-state index is 5.05. The van der Waals surface area contributed by atoms with Gasteiger partial charge in [-0.05, 0) is 19.1 Å². The maximum Gasteiger partial charge on any atom is 0.177 e. The summed E-state index contributed by atoms with van der Waals surface area (Å²) in [4.78, 5) is 3.09. The van der Waals surface area contributed by atoms with E-state index in [0.29, 0.717) is 0 Å². The molecule has 2 nitrogen and oxygen atoms in total. The molecule has 0 spiro atoms. The predicted molar refractivity (Wildman–Crippen MR) is 49.2 cm³/mol. The van der Waals surface area contributed by atoms with E-state index in [0.717, 1.165) is 16.9 Å². The Kier molecular flexibility index (Phi) is 2.29. The number of rotatable bonds is 2. The summed E-state index contributed by atoms with van der Waals surface area (Å²) in [7, 11) is 1.96. The zero-order valence-corrected chi connectivity index (χ0v) is 7.66. The van der Waals surface area contributed by atoms with Crippen molar-refractivity contribution in [2.45, 2.75) is 13.3 Å². The summed E-state index contributed by atoms with van der Waals surface area (Å²) in [6.07, 6.45) is 2.75. The first kappa shape index (κ1) is 8.27. The van der Waals surface area contributed by atoms with Gasteiger partial charge in [0.2, 0.25) is 0 Å². The average molecular weight is 168 g/mol. The van der Waals surface area contributed by atoms with Crippen LogP contribution in [0.1, 0.15) is 11.4 Å². The maximum absolute atomic E-state index is 5.05. The monoisotopic (exact) mass is 168 g/mol. The van der Waals surface area contributed by atoms with Gasteiger partial charge >= 0.3 is 0 Å². The molecule has 0 amide bonds. The molecule has 1 heterocycles. The number of aromatic nitrogens is 2. The normalized spacial score (nSPS) is 10.0. The van der Waals surface area contributed by atoms with E-state index < -0.39 is 0 Å². The molecule has 1 N–H and O–H groups in total. The van der Waals surface area contributed by atoms with Gasteiger partial charge in [-0.2, -0.15) is 0 Å². The second-order valence-electron chi connectivity index (χ2n) is 2.55. The Labute approximate surface area is 71.6 Å². The van der Waals surface area contributed by atoms with Crippen molar-refractivity contribution in [1.29, 1.82) is 0 Å². The van der Waals surface area contributed by atoms with Crippen LogP contribution in [-0.4, -0.2) is 9.55 Å². The third-order valence-electron chi connectivity index (χ3n) is 1.77. The van der Waals surface area contributed by atoms with Crippen LogP contribution in [0, 0.1) is 11.7 Å². The molecule has 0 fully saturated rings. The van der Waals surface area contributed by atoms with Crippen molar-refractivity contribution in [3.8, 4) is 0 Å². The smallest absolute Gasteiger partial charge is 0.177 e. The van der Waals surface area contributed by atoms with Gasteiger partial charge in [-0.3, -0.25) is 0 Å². The van der Waals surface area contributed by atoms with E-state index in [4.69, 9.17) is 12.2 Å². The molecule has 0 aliphatic rings. The number of nitrogens with zero attached hydrogens (tertiary/aromatic N) is 1. The van der Waals surface area contributed by atoms with Crippen LogP contribution in [-0.2, 0) is 13.5 Å². The molecule has 1 aromatic heterocycles. The Morgan fingerprint density at radius 1 is 1.73 bits per heavy atom. The van der Waals surface area contributed by atoms with E-state index in [1.165, 1.54) is 5.69 Å². The highest BCUT2D eigenvalue weighted by atomic mass is 32.1. The van der Waals surface area contributed by atoms with Crippen LogP contribution >= 0.6 is 12.2 Å². The van der Waals surface area contributed by atoms with Crippen molar-refractivity contribution < 1.29 is 0 Å². The second kappa shape index (κ2) is 3.05. The number of aryl methyl sites for hydroxylation is 1. The highest BCUT2D eigenvalue weighted by molar-refractivity contribution is 7.71. The zero-order chi connectivity index (χ0) is 8.43. The first-order valence-corrected chi connectivity index (χ1v) is 3.93. The van der Waals surface area contributed by atoms with E-state index in [-0.39, 0.29) is 0 Å². The van der Waals surface area contributed by atoms with Crippen LogP contribution in [0.15, 0.2) is 12.7 Å². The van der Waals surface area contributed by atoms with Crippen LogP contribution in [0.5, 0.6) is 0 Å². The fourth-order valence-corrected chi connectivity index (χ4v) is 1.38. The minimum atomic E-state index is 0.777. The number of nitrogens with one attached hydrogen (secondary N) is 1. The number of hydrogen-bond donors (Lipinski definition) is 1. The Bertz CT molecular complexity index is 319. The van der Waals surface area contributed by atoms with Crippen molar-refractivity contribution in [2.24, 2.45) is 7.05 Å². The summed E-state index contributed by atoms with van der Waals surface area (Å²) in [5.41, 5.74) is 2.35. The average Bonchev–Trinajstić information content (AvgIpc) is 2.17. The molecule has 11 heavy (non-hydrogen) atoms. The first-order chi connectivity index (χ1) is 5.16. The predicted octanol–water partition coefficient (Wildman–Crippen LogP) is 2.12. The van der Waals surface area contributed by atoms with Crippen LogP contribution in [0.3, 0.4) is 0 Å². The van der Waals surface area contributed by atoms with Crippen LogP contribution in [0.2, 0.25) is 0 Å². The Morgan fingerprint density at radius 2 is 2.36 bits per heavy atom. The van der Waals surface area contributed by atoms with Crippen molar-refractivity contribution in [3.63, 3.8) is 0 Å². The minimum Gasteiger partial charge on any atom is -0.335 e. The van der Waals surface area contributed by atoms with Gasteiger partial charge in [0, 0.05) is 24.9 Å². The number of imidazole rings is 1. The molecule has 0 aliphatic heterocycles. The van der Waals surface area contributed by atoms with E-state index in [1.54, 1.807) is 0 Å². The van der Waals surface area contributed by atoms with Gasteiger partial charge in [0.05, 0.1) is 0 Å². The molecule has 0 saturated heterocycles. The largest absolute Gasteiger partial charge is 0.335 e. The van der Waals surface area contributed by atoms with Gasteiger partial charge in [-0.1, -0.05) is 6.08 Å². The Balaban J connectivity index is 3.22. The summed E-state index contributed by atoms with van der Waals surface area (Å²) in [6, 6.07) is 0. The van der Waals surface area contributed by atoms with Crippen molar-refractivity contribution in [3.05, 3.63) is 28.8 Å². The molecule has 0 bridgehead atoms. The molecule has 0 aliphatic carbocycles. The second-order valence-corrected chi connectivity index (χ2v) is 2.94. The number of aromatic amines is 1. The van der Waals surface area contributed by atoms with Gasteiger partial charge in [0.25, 0.3) is 0 Å².